The van der Waals surface area contributed by atoms with Crippen LogP contribution in [0.3, 0.4) is 0 Å². The number of nitrogens with zero attached hydrogens (tertiary/aromatic N) is 2. The molecule has 0 aliphatic heterocycles. The highest BCUT2D eigenvalue weighted by Crippen LogP contribution is 2.22. The molecule has 1 aromatic heterocycles. The third-order valence-corrected chi connectivity index (χ3v) is 2.27. The molecule has 6 heteroatoms. The smallest absolute Gasteiger partial charge is 0.316 e. The molecule has 0 saturated heterocycles. The second-order valence-electron chi connectivity index (χ2n) is 3.16. The third-order valence-electron chi connectivity index (χ3n) is 1.63. The molecule has 1 aromatic rings. The first-order chi connectivity index (χ1) is 6.99. The van der Waals surface area contributed by atoms with E-state index in [4.69, 9.17) is 12.6 Å². The van der Waals surface area contributed by atoms with E-state index in [1.165, 1.54) is 0 Å². The number of aryl methyl sites for hydroxylation is 1. The molecule has 0 aromatic carbocycles. The van der Waals surface area contributed by atoms with Crippen molar-refractivity contribution >= 4 is 30.4 Å². The monoisotopic (exact) mass is 320 g/mol. The van der Waals surface area contributed by atoms with Crippen molar-refractivity contribution < 1.29 is 9.13 Å². The van der Waals surface area contributed by atoms with Gasteiger partial charge in [0.1, 0.15) is 14.5 Å². The molecule has 2 unspecified atom stereocenters. The van der Waals surface area contributed by atoms with Crippen molar-refractivity contribution in [3.05, 3.63) is 17.5 Å². The Hall–Kier alpha value is -0.395. The number of halogens is 2. The van der Waals surface area contributed by atoms with Crippen molar-refractivity contribution in [2.75, 3.05) is 6.61 Å². The molecule has 0 spiro atoms. The molecule has 1 heterocycles. The quantitative estimate of drug-likeness (QED) is 0.484. The maximum atomic E-state index is 12.3. The molecule has 3 nitrogen and oxygen atoms in total. The van der Waals surface area contributed by atoms with Gasteiger partial charge in [-0.1, -0.05) is 22.6 Å². The largest absolute Gasteiger partial charge is 0.461 e. The fourth-order valence-corrected chi connectivity index (χ4v) is 1.31. The fourth-order valence-electron chi connectivity index (χ4n) is 0.987. The highest BCUT2D eigenvalue weighted by Gasteiger charge is 2.08. The zero-order valence-electron chi connectivity index (χ0n) is 8.58. The van der Waals surface area contributed by atoms with E-state index in [0.29, 0.717) is 0 Å². The first-order valence-corrected chi connectivity index (χ1v) is 5.75. The van der Waals surface area contributed by atoms with Gasteiger partial charge in [0.25, 0.3) is 0 Å². The van der Waals surface area contributed by atoms with Crippen LogP contribution in [0, 0.1) is 6.92 Å². The molecule has 2 atom stereocenters. The zero-order valence-corrected chi connectivity index (χ0v) is 10.7. The van der Waals surface area contributed by atoms with E-state index >= 15 is 0 Å². The highest BCUT2D eigenvalue weighted by atomic mass is 127. The standard InChI is InChI=1S/C9H11BFIN2O/c1-5-3-7(6(2)12)14-9(13-5)15-4-8(10)11/h3,6,8H,4H2,1-2H3. The van der Waals surface area contributed by atoms with Gasteiger partial charge in [0.15, 0.2) is 0 Å². The maximum absolute atomic E-state index is 12.3. The lowest BCUT2D eigenvalue weighted by Gasteiger charge is -2.09. The summed E-state index contributed by atoms with van der Waals surface area (Å²) in [6.07, 6.45) is -1.51. The lowest BCUT2D eigenvalue weighted by molar-refractivity contribution is 0.232. The predicted octanol–water partition coefficient (Wildman–Crippen LogP) is 2.12. The Morgan fingerprint density at radius 1 is 1.60 bits per heavy atom. The van der Waals surface area contributed by atoms with E-state index in [0.717, 1.165) is 11.4 Å². The topological polar surface area (TPSA) is 35.0 Å². The van der Waals surface area contributed by atoms with Gasteiger partial charge >= 0.3 is 6.01 Å². The van der Waals surface area contributed by atoms with E-state index < -0.39 is 6.07 Å². The normalized spacial score (nSPS) is 14.7. The summed E-state index contributed by atoms with van der Waals surface area (Å²) in [4.78, 5) is 8.17. The molecule has 0 aliphatic rings. The van der Waals surface area contributed by atoms with E-state index in [-0.39, 0.29) is 16.5 Å². The summed E-state index contributed by atoms with van der Waals surface area (Å²) in [5.74, 6) is 0. The zero-order chi connectivity index (χ0) is 11.4. The van der Waals surface area contributed by atoms with Crippen LogP contribution in [0.4, 0.5) is 4.39 Å². The van der Waals surface area contributed by atoms with Crippen molar-refractivity contribution in [1.29, 1.82) is 0 Å². The van der Waals surface area contributed by atoms with Gasteiger partial charge in [-0.3, -0.25) is 4.39 Å². The highest BCUT2D eigenvalue weighted by molar-refractivity contribution is 14.1. The third kappa shape index (κ3) is 4.32. The van der Waals surface area contributed by atoms with Gasteiger partial charge in [-0.2, -0.15) is 4.98 Å². The number of aromatic nitrogens is 2. The van der Waals surface area contributed by atoms with E-state index in [2.05, 4.69) is 32.6 Å². The Balaban J connectivity index is 2.79. The average molecular weight is 320 g/mol. The molecule has 80 valence electrons. The Morgan fingerprint density at radius 2 is 2.27 bits per heavy atom. The second-order valence-corrected chi connectivity index (χ2v) is 5.03. The number of hydrogen-bond acceptors (Lipinski definition) is 3. The van der Waals surface area contributed by atoms with Gasteiger partial charge in [0.2, 0.25) is 0 Å². The van der Waals surface area contributed by atoms with Crippen molar-refractivity contribution in [3.63, 3.8) is 0 Å². The summed E-state index contributed by atoms with van der Waals surface area (Å²) in [6.45, 7) is 3.62. The minimum absolute atomic E-state index is 0.182. The van der Waals surface area contributed by atoms with Gasteiger partial charge < -0.3 is 4.74 Å². The predicted molar refractivity (Wildman–Crippen MR) is 65.3 cm³/mol. The van der Waals surface area contributed by atoms with Gasteiger partial charge in [0.05, 0.1) is 15.7 Å². The van der Waals surface area contributed by atoms with Crippen molar-refractivity contribution in [1.82, 2.24) is 9.97 Å². The lowest BCUT2D eigenvalue weighted by Crippen LogP contribution is -2.14. The van der Waals surface area contributed by atoms with Crippen LogP contribution < -0.4 is 4.74 Å². The SMILES string of the molecule is [B]C(F)COc1nc(C)cc(C(C)I)n1. The summed E-state index contributed by atoms with van der Waals surface area (Å²) in [5, 5.41) is 0. The average Bonchev–Trinajstić information content (AvgIpc) is 2.13. The number of alkyl halides is 2. The van der Waals surface area contributed by atoms with Crippen LogP contribution in [0.15, 0.2) is 6.07 Å². The number of rotatable bonds is 4. The van der Waals surface area contributed by atoms with Crippen LogP contribution in [0.25, 0.3) is 0 Å². The van der Waals surface area contributed by atoms with Crippen LogP contribution >= 0.6 is 22.6 Å². The fraction of sp³-hybridized carbons (Fsp3) is 0.556. The Bertz CT molecular complexity index is 336. The Morgan fingerprint density at radius 3 is 2.80 bits per heavy atom. The van der Waals surface area contributed by atoms with E-state index in [9.17, 15) is 4.39 Å². The summed E-state index contributed by atoms with van der Waals surface area (Å²) >= 11 is 2.24. The minimum atomic E-state index is -1.51. The minimum Gasteiger partial charge on any atom is -0.461 e. The van der Waals surface area contributed by atoms with Crippen molar-refractivity contribution in [2.45, 2.75) is 23.8 Å². The molecule has 0 aliphatic carbocycles. The van der Waals surface area contributed by atoms with Crippen molar-refractivity contribution in [2.24, 2.45) is 0 Å². The van der Waals surface area contributed by atoms with Crippen LogP contribution in [0.5, 0.6) is 6.01 Å². The summed E-state index contributed by atoms with van der Waals surface area (Å²) < 4.78 is 17.6. The molecule has 2 radical (unpaired) electrons. The Labute approximate surface area is 103 Å². The van der Waals surface area contributed by atoms with Crippen LogP contribution in [0.1, 0.15) is 22.2 Å². The van der Waals surface area contributed by atoms with Crippen LogP contribution in [-0.2, 0) is 0 Å². The molecular formula is C9H11BFIN2O. The summed E-state index contributed by atoms with van der Waals surface area (Å²) in [7, 11) is 4.93. The van der Waals surface area contributed by atoms with Crippen LogP contribution in [0.2, 0.25) is 0 Å². The molecule has 0 bridgehead atoms. The maximum Gasteiger partial charge on any atom is 0.316 e. The van der Waals surface area contributed by atoms with Crippen molar-refractivity contribution in [3.8, 4) is 6.01 Å². The lowest BCUT2D eigenvalue weighted by atomic mass is 10.0. The molecule has 0 saturated carbocycles. The first-order valence-electron chi connectivity index (χ1n) is 4.51. The molecule has 0 N–H and O–H groups in total. The molecule has 0 fully saturated rings. The molecule has 1 rings (SSSR count). The molecule has 0 amide bonds. The second kappa shape index (κ2) is 5.62. The number of hydrogen-bond donors (Lipinski definition) is 0. The molecular weight excluding hydrogens is 309 g/mol. The van der Waals surface area contributed by atoms with Gasteiger partial charge in [-0.05, 0) is 19.9 Å². The van der Waals surface area contributed by atoms with Gasteiger partial charge in [0, 0.05) is 5.69 Å². The van der Waals surface area contributed by atoms with E-state index in [1.807, 2.05) is 19.9 Å². The molecule has 15 heavy (non-hydrogen) atoms. The van der Waals surface area contributed by atoms with Crippen LogP contribution in [-0.4, -0.2) is 30.5 Å². The van der Waals surface area contributed by atoms with Gasteiger partial charge in [-0.15, -0.1) is 0 Å². The summed E-state index contributed by atoms with van der Waals surface area (Å²) in [5.41, 5.74) is 1.66. The first kappa shape index (κ1) is 12.7. The number of ether oxygens (including phenoxy) is 1. The van der Waals surface area contributed by atoms with E-state index in [1.54, 1.807) is 0 Å². The van der Waals surface area contributed by atoms with Gasteiger partial charge in [-0.25, -0.2) is 4.98 Å². The Kier molecular flexibility index (Phi) is 4.75. The summed E-state index contributed by atoms with van der Waals surface area (Å²) in [6, 6.07) is 2.06.